The molecule has 1 fully saturated rings. The predicted molar refractivity (Wildman–Crippen MR) is 95.6 cm³/mol. The van der Waals surface area contributed by atoms with E-state index >= 15 is 0 Å². The average Bonchev–Trinajstić information content (AvgIpc) is 3.47. The molecule has 2 aromatic rings. The smallest absolute Gasteiger partial charge is 0.254 e. The zero-order valence-corrected chi connectivity index (χ0v) is 13.9. The van der Waals surface area contributed by atoms with Crippen LogP contribution in [0.15, 0.2) is 48.5 Å². The molecule has 0 aromatic heterocycles. The van der Waals surface area contributed by atoms with Crippen LogP contribution >= 0.6 is 0 Å². The van der Waals surface area contributed by atoms with Crippen molar-refractivity contribution in [2.75, 3.05) is 0 Å². The van der Waals surface area contributed by atoms with Gasteiger partial charge in [0.2, 0.25) is 0 Å². The standard InChI is InChI=1S/C21H24N2O/c22-14-15-8-10-17(11-9-15)21(24)23(18-12-13-18)20-7-3-5-16-4-1-2-6-19(16)20/h1-2,4,6,8-11,18,20H,3,5,7,12-14,22H2. The highest BCUT2D eigenvalue weighted by Crippen LogP contribution is 2.41. The van der Waals surface area contributed by atoms with Gasteiger partial charge >= 0.3 is 0 Å². The molecule has 0 bridgehead atoms. The van der Waals surface area contributed by atoms with Crippen molar-refractivity contribution in [2.24, 2.45) is 5.73 Å². The van der Waals surface area contributed by atoms with Crippen molar-refractivity contribution in [1.29, 1.82) is 0 Å². The third-order valence-electron chi connectivity index (χ3n) is 5.28. The second-order valence-corrected chi connectivity index (χ2v) is 6.95. The first-order valence-electron chi connectivity index (χ1n) is 8.97. The monoisotopic (exact) mass is 320 g/mol. The highest BCUT2D eigenvalue weighted by atomic mass is 16.2. The number of benzene rings is 2. The molecule has 0 spiro atoms. The summed E-state index contributed by atoms with van der Waals surface area (Å²) >= 11 is 0. The largest absolute Gasteiger partial charge is 0.329 e. The second-order valence-electron chi connectivity index (χ2n) is 6.95. The molecule has 0 aliphatic heterocycles. The maximum atomic E-state index is 13.2. The number of aryl methyl sites for hydroxylation is 1. The fourth-order valence-corrected chi connectivity index (χ4v) is 3.86. The van der Waals surface area contributed by atoms with Gasteiger partial charge in [0.05, 0.1) is 6.04 Å². The van der Waals surface area contributed by atoms with Gasteiger partial charge in [0.15, 0.2) is 0 Å². The zero-order chi connectivity index (χ0) is 16.5. The molecule has 4 rings (SSSR count). The quantitative estimate of drug-likeness (QED) is 0.930. The Hall–Kier alpha value is -2.13. The molecule has 0 saturated heterocycles. The molecule has 2 aromatic carbocycles. The first-order chi connectivity index (χ1) is 11.8. The Bertz CT molecular complexity index is 734. The number of hydrogen-bond acceptors (Lipinski definition) is 2. The molecule has 0 radical (unpaired) electrons. The molecule has 1 unspecified atom stereocenters. The third-order valence-corrected chi connectivity index (χ3v) is 5.28. The van der Waals surface area contributed by atoms with E-state index in [-0.39, 0.29) is 11.9 Å². The van der Waals surface area contributed by atoms with Gasteiger partial charge in [-0.15, -0.1) is 0 Å². The lowest BCUT2D eigenvalue weighted by Gasteiger charge is -2.36. The molecular weight excluding hydrogens is 296 g/mol. The summed E-state index contributed by atoms with van der Waals surface area (Å²) in [6.45, 7) is 0.511. The van der Waals surface area contributed by atoms with E-state index in [4.69, 9.17) is 5.73 Å². The summed E-state index contributed by atoms with van der Waals surface area (Å²) in [5.41, 5.74) is 10.3. The van der Waals surface area contributed by atoms with Crippen LogP contribution in [0.1, 0.15) is 58.8 Å². The molecule has 2 aliphatic carbocycles. The van der Waals surface area contributed by atoms with Crippen molar-refractivity contribution < 1.29 is 4.79 Å². The minimum atomic E-state index is 0.169. The molecule has 2 N–H and O–H groups in total. The van der Waals surface area contributed by atoms with Crippen LogP contribution in [0, 0.1) is 0 Å². The van der Waals surface area contributed by atoms with Gasteiger partial charge in [-0.25, -0.2) is 0 Å². The van der Waals surface area contributed by atoms with Crippen LogP contribution in [0.25, 0.3) is 0 Å². The molecule has 1 amide bonds. The maximum Gasteiger partial charge on any atom is 0.254 e. The van der Waals surface area contributed by atoms with Crippen LogP contribution in [0.2, 0.25) is 0 Å². The highest BCUT2D eigenvalue weighted by molar-refractivity contribution is 5.95. The molecule has 124 valence electrons. The number of fused-ring (bicyclic) bond motifs is 1. The molecule has 1 saturated carbocycles. The zero-order valence-electron chi connectivity index (χ0n) is 13.9. The van der Waals surface area contributed by atoms with E-state index in [1.165, 1.54) is 11.1 Å². The average molecular weight is 320 g/mol. The van der Waals surface area contributed by atoms with Crippen molar-refractivity contribution in [3.8, 4) is 0 Å². The Labute approximate surface area is 143 Å². The van der Waals surface area contributed by atoms with E-state index < -0.39 is 0 Å². The minimum absolute atomic E-state index is 0.169. The van der Waals surface area contributed by atoms with Gasteiger partial charge < -0.3 is 10.6 Å². The van der Waals surface area contributed by atoms with E-state index in [0.717, 1.165) is 43.2 Å². The van der Waals surface area contributed by atoms with Crippen LogP contribution in [0.5, 0.6) is 0 Å². The predicted octanol–water partition coefficient (Wildman–Crippen LogP) is 3.83. The number of carbonyl (C=O) groups is 1. The van der Waals surface area contributed by atoms with Crippen LogP contribution in [0.4, 0.5) is 0 Å². The Morgan fingerprint density at radius 2 is 1.79 bits per heavy atom. The number of nitrogens with two attached hydrogens (primary N) is 1. The van der Waals surface area contributed by atoms with Gasteiger partial charge in [-0.3, -0.25) is 4.79 Å². The molecule has 1 atom stereocenters. The van der Waals surface area contributed by atoms with Gasteiger partial charge in [0.1, 0.15) is 0 Å². The Morgan fingerprint density at radius 3 is 2.50 bits per heavy atom. The second kappa shape index (κ2) is 6.40. The number of nitrogens with zero attached hydrogens (tertiary/aromatic N) is 1. The summed E-state index contributed by atoms with van der Waals surface area (Å²) in [6.07, 6.45) is 5.62. The van der Waals surface area contributed by atoms with Crippen molar-refractivity contribution in [3.05, 3.63) is 70.8 Å². The summed E-state index contributed by atoms with van der Waals surface area (Å²) in [7, 11) is 0. The van der Waals surface area contributed by atoms with Crippen LogP contribution in [-0.2, 0) is 13.0 Å². The number of hydrogen-bond donors (Lipinski definition) is 1. The maximum absolute atomic E-state index is 13.2. The highest BCUT2D eigenvalue weighted by Gasteiger charge is 2.39. The van der Waals surface area contributed by atoms with Crippen molar-refractivity contribution in [2.45, 2.75) is 50.7 Å². The summed E-state index contributed by atoms with van der Waals surface area (Å²) in [5.74, 6) is 0.169. The van der Waals surface area contributed by atoms with E-state index in [1.54, 1.807) is 0 Å². The number of amides is 1. The van der Waals surface area contributed by atoms with Crippen molar-refractivity contribution >= 4 is 5.91 Å². The molecule has 24 heavy (non-hydrogen) atoms. The lowest BCUT2D eigenvalue weighted by Crippen LogP contribution is -2.38. The molecule has 3 nitrogen and oxygen atoms in total. The molecular formula is C21H24N2O. The lowest BCUT2D eigenvalue weighted by atomic mass is 9.86. The summed E-state index contributed by atoms with van der Waals surface area (Å²) in [4.78, 5) is 15.4. The van der Waals surface area contributed by atoms with E-state index in [1.807, 2.05) is 24.3 Å². The van der Waals surface area contributed by atoms with E-state index in [0.29, 0.717) is 12.6 Å². The van der Waals surface area contributed by atoms with Gasteiger partial charge in [-0.05, 0) is 60.9 Å². The summed E-state index contributed by atoms with van der Waals surface area (Å²) in [6, 6.07) is 17.0. The third kappa shape index (κ3) is 2.84. The van der Waals surface area contributed by atoms with Crippen molar-refractivity contribution in [3.63, 3.8) is 0 Å². The molecule has 0 heterocycles. The first-order valence-corrected chi connectivity index (χ1v) is 8.97. The molecule has 3 heteroatoms. The Morgan fingerprint density at radius 1 is 1.04 bits per heavy atom. The van der Waals surface area contributed by atoms with E-state index in [2.05, 4.69) is 29.2 Å². The van der Waals surface area contributed by atoms with Gasteiger partial charge in [-0.1, -0.05) is 36.4 Å². The fourth-order valence-electron chi connectivity index (χ4n) is 3.86. The van der Waals surface area contributed by atoms with Crippen LogP contribution < -0.4 is 5.73 Å². The summed E-state index contributed by atoms with van der Waals surface area (Å²) in [5, 5.41) is 0. The normalized spacial score (nSPS) is 19.6. The van der Waals surface area contributed by atoms with Crippen LogP contribution in [-0.4, -0.2) is 16.8 Å². The molecule has 2 aliphatic rings. The van der Waals surface area contributed by atoms with Gasteiger partial charge in [0.25, 0.3) is 5.91 Å². The number of rotatable bonds is 4. The topological polar surface area (TPSA) is 46.3 Å². The van der Waals surface area contributed by atoms with Gasteiger partial charge in [-0.2, -0.15) is 0 Å². The lowest BCUT2D eigenvalue weighted by molar-refractivity contribution is 0.0638. The van der Waals surface area contributed by atoms with Crippen LogP contribution in [0.3, 0.4) is 0 Å². The minimum Gasteiger partial charge on any atom is -0.329 e. The fraction of sp³-hybridized carbons (Fsp3) is 0.381. The SMILES string of the molecule is NCc1ccc(C(=O)N(C2CC2)C2CCCc3ccccc32)cc1. The first kappa shape index (κ1) is 15.4. The van der Waals surface area contributed by atoms with E-state index in [9.17, 15) is 4.79 Å². The summed E-state index contributed by atoms with van der Waals surface area (Å²) < 4.78 is 0. The Kier molecular flexibility index (Phi) is 4.11. The number of carbonyl (C=O) groups excluding carboxylic acids is 1. The van der Waals surface area contributed by atoms with Crippen molar-refractivity contribution in [1.82, 2.24) is 4.90 Å². The Balaban J connectivity index is 1.66. The van der Waals surface area contributed by atoms with Gasteiger partial charge in [0, 0.05) is 18.2 Å².